The van der Waals surface area contributed by atoms with Gasteiger partial charge < -0.3 is 10.2 Å². The third-order valence-corrected chi connectivity index (χ3v) is 4.30. The third-order valence-electron chi connectivity index (χ3n) is 4.30. The lowest BCUT2D eigenvalue weighted by Crippen LogP contribution is -2.36. The van der Waals surface area contributed by atoms with Crippen LogP contribution in [0.5, 0.6) is 0 Å². The molecule has 0 saturated carbocycles. The molecule has 0 aromatic carbocycles. The summed E-state index contributed by atoms with van der Waals surface area (Å²) in [4.78, 5) is 11.4. The van der Waals surface area contributed by atoms with Gasteiger partial charge in [-0.3, -0.25) is 5.10 Å². The monoisotopic (exact) mass is 274 g/mol. The minimum Gasteiger partial charge on any atom is -0.357 e. The third kappa shape index (κ3) is 2.30. The number of rotatable bonds is 3. The maximum Gasteiger partial charge on any atom is 0.226 e. The zero-order valence-corrected chi connectivity index (χ0v) is 12.3. The first kappa shape index (κ1) is 13.1. The van der Waals surface area contributed by atoms with Crippen LogP contribution in [0.3, 0.4) is 0 Å². The SMILES string of the molecule is CNc1nc(N2CCC(C(C)C)CC2)c2cn[nH]c2n1. The highest BCUT2D eigenvalue weighted by Gasteiger charge is 2.24. The van der Waals surface area contributed by atoms with E-state index in [-0.39, 0.29) is 0 Å². The average molecular weight is 274 g/mol. The summed E-state index contributed by atoms with van der Waals surface area (Å²) in [6.45, 7) is 6.75. The van der Waals surface area contributed by atoms with Crippen molar-refractivity contribution < 1.29 is 0 Å². The van der Waals surface area contributed by atoms with Gasteiger partial charge in [0.2, 0.25) is 5.95 Å². The van der Waals surface area contributed by atoms with Gasteiger partial charge in [-0.05, 0) is 24.7 Å². The second kappa shape index (κ2) is 5.26. The van der Waals surface area contributed by atoms with Gasteiger partial charge in [0.25, 0.3) is 0 Å². The summed E-state index contributed by atoms with van der Waals surface area (Å²) in [7, 11) is 1.84. The molecule has 2 aromatic heterocycles. The highest BCUT2D eigenvalue weighted by Crippen LogP contribution is 2.30. The fourth-order valence-electron chi connectivity index (χ4n) is 2.95. The summed E-state index contributed by atoms with van der Waals surface area (Å²) < 4.78 is 0. The summed E-state index contributed by atoms with van der Waals surface area (Å²) in [5.41, 5.74) is 0.797. The Hall–Kier alpha value is -1.85. The number of hydrogen-bond donors (Lipinski definition) is 2. The molecule has 6 nitrogen and oxygen atoms in total. The van der Waals surface area contributed by atoms with Crippen molar-refractivity contribution in [3.63, 3.8) is 0 Å². The summed E-state index contributed by atoms with van der Waals surface area (Å²) in [5, 5.41) is 11.1. The first-order valence-electron chi connectivity index (χ1n) is 7.33. The van der Waals surface area contributed by atoms with Crippen LogP contribution in [-0.4, -0.2) is 40.3 Å². The van der Waals surface area contributed by atoms with E-state index in [0.29, 0.717) is 5.95 Å². The Morgan fingerprint density at radius 2 is 2.05 bits per heavy atom. The van der Waals surface area contributed by atoms with Crippen molar-refractivity contribution in [2.75, 3.05) is 30.4 Å². The van der Waals surface area contributed by atoms with E-state index in [9.17, 15) is 0 Å². The molecule has 0 amide bonds. The van der Waals surface area contributed by atoms with Gasteiger partial charge in [-0.15, -0.1) is 0 Å². The zero-order valence-electron chi connectivity index (χ0n) is 12.3. The van der Waals surface area contributed by atoms with Crippen molar-refractivity contribution >= 4 is 22.8 Å². The first-order chi connectivity index (χ1) is 9.69. The molecule has 2 aromatic rings. The van der Waals surface area contributed by atoms with Crippen LogP contribution in [0.2, 0.25) is 0 Å². The van der Waals surface area contributed by atoms with Gasteiger partial charge in [0.15, 0.2) is 5.65 Å². The number of anilines is 2. The van der Waals surface area contributed by atoms with E-state index in [2.05, 4.69) is 44.2 Å². The smallest absolute Gasteiger partial charge is 0.226 e. The van der Waals surface area contributed by atoms with Crippen LogP contribution in [0.1, 0.15) is 26.7 Å². The second-order valence-electron chi connectivity index (χ2n) is 5.82. The summed E-state index contributed by atoms with van der Waals surface area (Å²) in [5.74, 6) is 3.24. The maximum absolute atomic E-state index is 4.63. The van der Waals surface area contributed by atoms with Crippen LogP contribution < -0.4 is 10.2 Å². The van der Waals surface area contributed by atoms with E-state index < -0.39 is 0 Å². The fourth-order valence-corrected chi connectivity index (χ4v) is 2.95. The predicted octanol–water partition coefficient (Wildman–Crippen LogP) is 2.27. The molecule has 0 radical (unpaired) electrons. The summed E-state index contributed by atoms with van der Waals surface area (Å²) in [6, 6.07) is 0. The van der Waals surface area contributed by atoms with E-state index in [0.717, 1.165) is 41.8 Å². The second-order valence-corrected chi connectivity index (χ2v) is 5.82. The Morgan fingerprint density at radius 3 is 2.70 bits per heavy atom. The molecule has 3 rings (SSSR count). The Morgan fingerprint density at radius 1 is 1.30 bits per heavy atom. The van der Waals surface area contributed by atoms with Crippen LogP contribution in [0.4, 0.5) is 11.8 Å². The molecule has 0 unspecified atom stereocenters. The van der Waals surface area contributed by atoms with Crippen LogP contribution in [0, 0.1) is 11.8 Å². The number of H-pyrrole nitrogens is 1. The van der Waals surface area contributed by atoms with Crippen molar-refractivity contribution in [2.45, 2.75) is 26.7 Å². The average Bonchev–Trinajstić information content (AvgIpc) is 2.94. The minimum absolute atomic E-state index is 0.641. The van der Waals surface area contributed by atoms with Gasteiger partial charge in [-0.1, -0.05) is 13.8 Å². The van der Waals surface area contributed by atoms with Crippen LogP contribution in [0.15, 0.2) is 6.20 Å². The molecule has 0 atom stereocenters. The summed E-state index contributed by atoms with van der Waals surface area (Å²) in [6.07, 6.45) is 4.28. The van der Waals surface area contributed by atoms with E-state index in [1.165, 1.54) is 12.8 Å². The van der Waals surface area contributed by atoms with E-state index in [1.807, 2.05) is 13.2 Å². The first-order valence-corrected chi connectivity index (χ1v) is 7.33. The number of hydrogen-bond acceptors (Lipinski definition) is 5. The molecule has 1 saturated heterocycles. The van der Waals surface area contributed by atoms with Crippen LogP contribution in [-0.2, 0) is 0 Å². The van der Waals surface area contributed by atoms with Crippen LogP contribution in [0.25, 0.3) is 11.0 Å². The Bertz CT molecular complexity index is 582. The van der Waals surface area contributed by atoms with Gasteiger partial charge in [0.05, 0.1) is 11.6 Å². The minimum atomic E-state index is 0.641. The van der Waals surface area contributed by atoms with Gasteiger partial charge in [-0.25, -0.2) is 0 Å². The van der Waals surface area contributed by atoms with Crippen molar-refractivity contribution in [3.8, 4) is 0 Å². The maximum atomic E-state index is 4.63. The predicted molar refractivity (Wildman–Crippen MR) is 81.0 cm³/mol. The lowest BCUT2D eigenvalue weighted by molar-refractivity contribution is 0.311. The lowest BCUT2D eigenvalue weighted by Gasteiger charge is -2.34. The number of nitrogens with zero attached hydrogens (tertiary/aromatic N) is 4. The summed E-state index contributed by atoms with van der Waals surface area (Å²) >= 11 is 0. The Balaban J connectivity index is 1.88. The van der Waals surface area contributed by atoms with Crippen molar-refractivity contribution in [1.29, 1.82) is 0 Å². The van der Waals surface area contributed by atoms with E-state index >= 15 is 0 Å². The largest absolute Gasteiger partial charge is 0.357 e. The highest BCUT2D eigenvalue weighted by molar-refractivity contribution is 5.87. The number of piperidine rings is 1. The molecule has 108 valence electrons. The number of aromatic nitrogens is 4. The Kier molecular flexibility index (Phi) is 3.46. The van der Waals surface area contributed by atoms with Crippen molar-refractivity contribution in [1.82, 2.24) is 20.2 Å². The molecule has 20 heavy (non-hydrogen) atoms. The molecule has 0 bridgehead atoms. The number of fused-ring (bicyclic) bond motifs is 1. The number of nitrogens with one attached hydrogen (secondary N) is 2. The van der Waals surface area contributed by atoms with Gasteiger partial charge >= 0.3 is 0 Å². The molecule has 1 aliphatic rings. The topological polar surface area (TPSA) is 69.7 Å². The molecule has 6 heteroatoms. The molecule has 1 fully saturated rings. The van der Waals surface area contributed by atoms with Crippen molar-refractivity contribution in [3.05, 3.63) is 6.20 Å². The zero-order chi connectivity index (χ0) is 14.1. The lowest BCUT2D eigenvalue weighted by atomic mass is 9.87. The van der Waals surface area contributed by atoms with E-state index in [1.54, 1.807) is 0 Å². The standard InChI is InChI=1S/C14H22N6/c1-9(2)10-4-6-20(7-5-10)13-11-8-16-19-12(11)17-14(15-3)18-13/h8-10H,4-7H2,1-3H3,(H2,15,16,17,18,19). The Labute approximate surface area is 119 Å². The van der Waals surface area contributed by atoms with E-state index in [4.69, 9.17) is 0 Å². The fraction of sp³-hybridized carbons (Fsp3) is 0.643. The molecule has 1 aliphatic heterocycles. The van der Waals surface area contributed by atoms with Gasteiger partial charge in [0, 0.05) is 20.1 Å². The molecule has 0 spiro atoms. The normalized spacial score (nSPS) is 17.1. The highest BCUT2D eigenvalue weighted by atomic mass is 15.3. The number of aromatic amines is 1. The molecular formula is C14H22N6. The quantitative estimate of drug-likeness (QED) is 0.898. The van der Waals surface area contributed by atoms with Crippen LogP contribution >= 0.6 is 0 Å². The van der Waals surface area contributed by atoms with Gasteiger partial charge in [-0.2, -0.15) is 15.1 Å². The molecule has 0 aliphatic carbocycles. The molecule has 3 heterocycles. The van der Waals surface area contributed by atoms with Gasteiger partial charge in [0.1, 0.15) is 5.82 Å². The van der Waals surface area contributed by atoms with Crippen molar-refractivity contribution in [2.24, 2.45) is 11.8 Å². The molecule has 2 N–H and O–H groups in total. The molecular weight excluding hydrogens is 252 g/mol.